The quantitative estimate of drug-likeness (QED) is 0.386. The molecule has 1 aromatic heterocycles. The number of hydrogen-bond donors (Lipinski definition) is 0. The van der Waals surface area contributed by atoms with Crippen LogP contribution in [0.2, 0.25) is 0 Å². The monoisotopic (exact) mass is 497 g/mol. The number of hydrogen-bond acceptors (Lipinski definition) is 6. The van der Waals surface area contributed by atoms with Crippen LogP contribution < -0.4 is 15.0 Å². The van der Waals surface area contributed by atoms with E-state index in [1.165, 1.54) is 0 Å². The number of ether oxygens (including phenoxy) is 3. The third-order valence-electron chi connectivity index (χ3n) is 6.14. The molecular weight excluding hydrogens is 470 g/mol. The summed E-state index contributed by atoms with van der Waals surface area (Å²) in [6.45, 7) is 2.15. The number of amides is 1. The summed E-state index contributed by atoms with van der Waals surface area (Å²) < 4.78 is 18.2. The van der Waals surface area contributed by atoms with Gasteiger partial charge in [-0.05, 0) is 48.0 Å². The van der Waals surface area contributed by atoms with Crippen molar-refractivity contribution in [2.45, 2.75) is 0 Å². The molecule has 0 atom stereocenters. The molecule has 0 bridgehead atoms. The summed E-state index contributed by atoms with van der Waals surface area (Å²) in [7, 11) is 1.55. The lowest BCUT2D eigenvalue weighted by atomic mass is 10.1. The number of fused-ring (bicyclic) bond motifs is 1. The van der Waals surface area contributed by atoms with Gasteiger partial charge in [0, 0.05) is 13.1 Å². The first-order chi connectivity index (χ1) is 18.1. The van der Waals surface area contributed by atoms with Crippen LogP contribution in [-0.4, -0.2) is 60.4 Å². The van der Waals surface area contributed by atoms with E-state index in [0.717, 1.165) is 11.3 Å². The van der Waals surface area contributed by atoms with Gasteiger partial charge in [0.1, 0.15) is 5.82 Å². The average molecular weight is 498 g/mol. The van der Waals surface area contributed by atoms with E-state index in [9.17, 15) is 9.59 Å². The minimum atomic E-state index is -0.136. The Morgan fingerprint density at radius 2 is 1.73 bits per heavy atom. The molecule has 2 heterocycles. The molecule has 0 N–H and O–H groups in total. The molecule has 5 rings (SSSR count). The maximum atomic E-state index is 13.4. The summed E-state index contributed by atoms with van der Waals surface area (Å²) >= 11 is 0. The number of carbonyl (C=O) groups excluding carboxylic acids is 1. The molecule has 3 aromatic carbocycles. The molecule has 8 heteroatoms. The van der Waals surface area contributed by atoms with Gasteiger partial charge in [0.15, 0.2) is 18.1 Å². The highest BCUT2D eigenvalue weighted by molar-refractivity contribution is 5.80. The van der Waals surface area contributed by atoms with Crippen LogP contribution in [0.4, 0.5) is 0 Å². The minimum Gasteiger partial charge on any atom is -0.493 e. The third-order valence-corrected chi connectivity index (χ3v) is 6.14. The van der Waals surface area contributed by atoms with E-state index in [1.807, 2.05) is 66.7 Å². The number of aromatic nitrogens is 2. The van der Waals surface area contributed by atoms with E-state index in [2.05, 4.69) is 0 Å². The number of nitrogens with zero attached hydrogens (tertiary/aromatic N) is 3. The van der Waals surface area contributed by atoms with E-state index in [1.54, 1.807) is 34.8 Å². The molecule has 0 unspecified atom stereocenters. The van der Waals surface area contributed by atoms with Gasteiger partial charge in [-0.3, -0.25) is 14.2 Å². The standard InChI is InChI=1S/C29H27N3O5/c1-35-26-19-21(11-13-25(26)37-20-28(33)31-15-17-36-18-16-31)12-14-27-30-24-10-6-5-9-23(24)29(34)32(27)22-7-3-2-4-8-22/h2-14,19H,15-18,20H2,1H3/b14-12+. The van der Waals surface area contributed by atoms with Gasteiger partial charge in [0.05, 0.1) is 36.9 Å². The van der Waals surface area contributed by atoms with Crippen molar-refractivity contribution in [1.29, 1.82) is 0 Å². The fraction of sp³-hybridized carbons (Fsp3) is 0.207. The number of morpholine rings is 1. The molecule has 8 nitrogen and oxygen atoms in total. The van der Waals surface area contributed by atoms with Gasteiger partial charge in [-0.2, -0.15) is 0 Å². The maximum absolute atomic E-state index is 13.4. The molecule has 1 aliphatic rings. The number of benzene rings is 3. The lowest BCUT2D eigenvalue weighted by molar-refractivity contribution is -0.137. The number of methoxy groups -OCH3 is 1. The zero-order chi connectivity index (χ0) is 25.6. The van der Waals surface area contributed by atoms with Crippen molar-refractivity contribution < 1.29 is 19.0 Å². The Bertz CT molecular complexity index is 1490. The average Bonchev–Trinajstić information content (AvgIpc) is 2.96. The van der Waals surface area contributed by atoms with Crippen molar-refractivity contribution in [2.75, 3.05) is 40.0 Å². The first kappa shape index (κ1) is 24.3. The topological polar surface area (TPSA) is 82.9 Å². The van der Waals surface area contributed by atoms with E-state index < -0.39 is 0 Å². The Morgan fingerprint density at radius 3 is 2.51 bits per heavy atom. The van der Waals surface area contributed by atoms with Crippen LogP contribution in [0, 0.1) is 0 Å². The van der Waals surface area contributed by atoms with Gasteiger partial charge in [-0.1, -0.05) is 42.5 Å². The molecule has 1 saturated heterocycles. The fourth-order valence-corrected chi connectivity index (χ4v) is 4.21. The molecule has 37 heavy (non-hydrogen) atoms. The van der Waals surface area contributed by atoms with Crippen molar-refractivity contribution in [3.8, 4) is 17.2 Å². The van der Waals surface area contributed by atoms with Crippen LogP contribution in [0.5, 0.6) is 11.5 Å². The predicted molar refractivity (Wildman–Crippen MR) is 142 cm³/mol. The molecule has 0 radical (unpaired) electrons. The summed E-state index contributed by atoms with van der Waals surface area (Å²) in [6, 6.07) is 22.2. The molecule has 4 aromatic rings. The largest absolute Gasteiger partial charge is 0.493 e. The molecule has 0 saturated carbocycles. The molecule has 1 amide bonds. The van der Waals surface area contributed by atoms with Crippen LogP contribution in [0.25, 0.3) is 28.7 Å². The van der Waals surface area contributed by atoms with Crippen molar-refractivity contribution in [3.05, 3.63) is 94.5 Å². The molecular formula is C29H27N3O5. The Hall–Kier alpha value is -4.43. The van der Waals surface area contributed by atoms with Crippen LogP contribution in [-0.2, 0) is 9.53 Å². The summed E-state index contributed by atoms with van der Waals surface area (Å²) in [5.74, 6) is 1.40. The first-order valence-corrected chi connectivity index (χ1v) is 12.1. The second-order valence-corrected chi connectivity index (χ2v) is 8.49. The zero-order valence-electron chi connectivity index (χ0n) is 20.5. The zero-order valence-corrected chi connectivity index (χ0v) is 20.5. The molecule has 0 aliphatic carbocycles. The normalized spacial score (nSPS) is 13.7. The Morgan fingerprint density at radius 1 is 0.973 bits per heavy atom. The van der Waals surface area contributed by atoms with E-state index in [4.69, 9.17) is 19.2 Å². The van der Waals surface area contributed by atoms with Crippen molar-refractivity contribution in [3.63, 3.8) is 0 Å². The summed E-state index contributed by atoms with van der Waals surface area (Å²) in [5.41, 5.74) is 2.05. The molecule has 1 aliphatic heterocycles. The highest BCUT2D eigenvalue weighted by Gasteiger charge is 2.18. The van der Waals surface area contributed by atoms with E-state index in [0.29, 0.717) is 54.5 Å². The third kappa shape index (κ3) is 5.39. The Kier molecular flexibility index (Phi) is 7.28. The number of rotatable bonds is 7. The van der Waals surface area contributed by atoms with Crippen LogP contribution in [0.15, 0.2) is 77.6 Å². The van der Waals surface area contributed by atoms with Gasteiger partial charge in [0.25, 0.3) is 11.5 Å². The summed E-state index contributed by atoms with van der Waals surface area (Å²) in [4.78, 5) is 32.3. The van der Waals surface area contributed by atoms with Gasteiger partial charge in [-0.15, -0.1) is 0 Å². The highest BCUT2D eigenvalue weighted by atomic mass is 16.5. The van der Waals surface area contributed by atoms with E-state index in [-0.39, 0.29) is 18.1 Å². The minimum absolute atomic E-state index is 0.0735. The maximum Gasteiger partial charge on any atom is 0.266 e. The van der Waals surface area contributed by atoms with Crippen molar-refractivity contribution in [1.82, 2.24) is 14.5 Å². The lowest BCUT2D eigenvalue weighted by Gasteiger charge is -2.26. The SMILES string of the molecule is COc1cc(/C=C/c2nc3ccccc3c(=O)n2-c2ccccc2)ccc1OCC(=O)N1CCOCC1. The first-order valence-electron chi connectivity index (χ1n) is 12.1. The highest BCUT2D eigenvalue weighted by Crippen LogP contribution is 2.29. The van der Waals surface area contributed by atoms with Crippen LogP contribution in [0.1, 0.15) is 11.4 Å². The van der Waals surface area contributed by atoms with Crippen molar-refractivity contribution >= 4 is 29.0 Å². The van der Waals surface area contributed by atoms with E-state index >= 15 is 0 Å². The summed E-state index contributed by atoms with van der Waals surface area (Å²) in [5, 5.41) is 0.554. The Balaban J connectivity index is 1.41. The van der Waals surface area contributed by atoms with Gasteiger partial charge < -0.3 is 19.1 Å². The van der Waals surface area contributed by atoms with Gasteiger partial charge in [-0.25, -0.2) is 4.98 Å². The van der Waals surface area contributed by atoms with Crippen molar-refractivity contribution in [2.24, 2.45) is 0 Å². The van der Waals surface area contributed by atoms with Crippen LogP contribution >= 0.6 is 0 Å². The molecule has 188 valence electrons. The smallest absolute Gasteiger partial charge is 0.266 e. The second-order valence-electron chi connectivity index (χ2n) is 8.49. The second kappa shape index (κ2) is 11.1. The lowest BCUT2D eigenvalue weighted by Crippen LogP contribution is -2.43. The molecule has 1 fully saturated rings. The van der Waals surface area contributed by atoms with Gasteiger partial charge >= 0.3 is 0 Å². The van der Waals surface area contributed by atoms with Gasteiger partial charge in [0.2, 0.25) is 0 Å². The number of para-hydroxylation sites is 2. The van der Waals surface area contributed by atoms with Crippen LogP contribution in [0.3, 0.4) is 0 Å². The predicted octanol–water partition coefficient (Wildman–Crippen LogP) is 3.80. The molecule has 0 spiro atoms. The number of carbonyl (C=O) groups is 1. The summed E-state index contributed by atoms with van der Waals surface area (Å²) in [6.07, 6.45) is 3.67. The Labute approximate surface area is 214 Å². The fourth-order valence-electron chi connectivity index (χ4n) is 4.21.